The van der Waals surface area contributed by atoms with E-state index in [-0.39, 0.29) is 5.91 Å². The molecule has 4 heteroatoms. The Balaban J connectivity index is 1.34. The van der Waals surface area contributed by atoms with Crippen molar-refractivity contribution in [2.75, 3.05) is 31.6 Å². The molecule has 0 saturated carbocycles. The molecule has 2 aliphatic rings. The molecule has 0 radical (unpaired) electrons. The Labute approximate surface area is 170 Å². The summed E-state index contributed by atoms with van der Waals surface area (Å²) in [6.07, 6.45) is 1.99. The fraction of sp³-hybridized carbons (Fsp3) is 0.240. The summed E-state index contributed by atoms with van der Waals surface area (Å²) in [6.45, 7) is 6.58. The van der Waals surface area contributed by atoms with E-state index in [1.165, 1.54) is 16.5 Å². The first-order valence-electron chi connectivity index (χ1n) is 10.1. The van der Waals surface area contributed by atoms with Crippen molar-refractivity contribution < 1.29 is 9.53 Å². The number of ether oxygens (including phenoxy) is 1. The normalized spacial score (nSPS) is 16.1. The molecule has 0 aromatic heterocycles. The van der Waals surface area contributed by atoms with Crippen LogP contribution in [0.25, 0.3) is 22.4 Å². The molecule has 0 bridgehead atoms. The highest BCUT2D eigenvalue weighted by molar-refractivity contribution is 6.34. The molecular formula is C25H24N2O2. The summed E-state index contributed by atoms with van der Waals surface area (Å²) in [7, 11) is 0. The number of carbonyl (C=O) groups excluding carboxylic acids is 1. The summed E-state index contributed by atoms with van der Waals surface area (Å²) >= 11 is 0. The molecule has 1 fully saturated rings. The monoisotopic (exact) mass is 384 g/mol. The van der Waals surface area contributed by atoms with Crippen molar-refractivity contribution in [3.8, 4) is 0 Å². The van der Waals surface area contributed by atoms with Gasteiger partial charge in [-0.15, -0.1) is 0 Å². The zero-order valence-corrected chi connectivity index (χ0v) is 16.6. The van der Waals surface area contributed by atoms with Crippen LogP contribution in [0.5, 0.6) is 0 Å². The third-order valence-corrected chi connectivity index (χ3v) is 5.87. The standard InChI is InChI=1S/C25H24N2O2/c1-17-14-21(9-8-20(17)16-27-10-12-29-13-11-27)26-25(28)23-15-19-6-2-4-18-5-3-7-22(23)24(18)19/h2-9,14-15H,10-13,16H2,1H3,(H,26,28). The van der Waals surface area contributed by atoms with Gasteiger partial charge in [-0.25, -0.2) is 0 Å². The van der Waals surface area contributed by atoms with E-state index in [0.717, 1.165) is 60.6 Å². The number of nitrogens with zero attached hydrogens (tertiary/aromatic N) is 1. The number of anilines is 1. The van der Waals surface area contributed by atoms with Crippen molar-refractivity contribution >= 4 is 34.0 Å². The van der Waals surface area contributed by atoms with Gasteiger partial charge < -0.3 is 10.1 Å². The van der Waals surface area contributed by atoms with E-state index in [4.69, 9.17) is 4.74 Å². The Hall–Kier alpha value is -2.95. The van der Waals surface area contributed by atoms with Gasteiger partial charge in [-0.05, 0) is 58.2 Å². The summed E-state index contributed by atoms with van der Waals surface area (Å²) in [4.78, 5) is 15.4. The molecule has 1 N–H and O–H groups in total. The minimum absolute atomic E-state index is 0.0611. The molecule has 0 spiro atoms. The molecule has 1 aliphatic carbocycles. The Kier molecular flexibility index (Phi) is 4.66. The van der Waals surface area contributed by atoms with Crippen LogP contribution in [0.15, 0.2) is 54.6 Å². The van der Waals surface area contributed by atoms with Gasteiger partial charge >= 0.3 is 0 Å². The van der Waals surface area contributed by atoms with E-state index in [1.807, 2.05) is 30.3 Å². The van der Waals surface area contributed by atoms with Gasteiger partial charge in [-0.2, -0.15) is 0 Å². The number of hydrogen-bond acceptors (Lipinski definition) is 3. The van der Waals surface area contributed by atoms with Crippen LogP contribution in [0.4, 0.5) is 5.69 Å². The van der Waals surface area contributed by atoms with Crippen LogP contribution in [-0.2, 0) is 16.1 Å². The van der Waals surface area contributed by atoms with Crippen molar-refractivity contribution in [2.24, 2.45) is 0 Å². The highest BCUT2D eigenvalue weighted by Crippen LogP contribution is 2.37. The topological polar surface area (TPSA) is 41.6 Å². The smallest absolute Gasteiger partial charge is 0.256 e. The summed E-state index contributed by atoms with van der Waals surface area (Å²) in [5.74, 6) is -0.0611. The van der Waals surface area contributed by atoms with Crippen LogP contribution in [-0.4, -0.2) is 37.1 Å². The average Bonchev–Trinajstić information content (AvgIpc) is 3.12. The maximum absolute atomic E-state index is 13.0. The third kappa shape index (κ3) is 3.46. The van der Waals surface area contributed by atoms with Crippen molar-refractivity contribution in [1.82, 2.24) is 4.90 Å². The Morgan fingerprint density at radius 1 is 1.07 bits per heavy atom. The summed E-state index contributed by atoms with van der Waals surface area (Å²) in [5.41, 5.74) is 6.17. The molecule has 0 atom stereocenters. The minimum Gasteiger partial charge on any atom is -0.379 e. The SMILES string of the molecule is Cc1cc(NC(=O)C2=Cc3cccc4cccc2c34)ccc1CN1CCOCC1. The number of amides is 1. The Bertz CT molecular complexity index is 1120. The first-order chi connectivity index (χ1) is 14.2. The van der Waals surface area contributed by atoms with Crippen LogP contribution in [0.2, 0.25) is 0 Å². The van der Waals surface area contributed by atoms with Crippen molar-refractivity contribution in [1.29, 1.82) is 0 Å². The molecule has 4 nitrogen and oxygen atoms in total. The third-order valence-electron chi connectivity index (χ3n) is 5.87. The minimum atomic E-state index is -0.0611. The van der Waals surface area contributed by atoms with Crippen LogP contribution in [0, 0.1) is 6.92 Å². The molecule has 146 valence electrons. The van der Waals surface area contributed by atoms with E-state index in [0.29, 0.717) is 0 Å². The van der Waals surface area contributed by atoms with E-state index in [9.17, 15) is 4.79 Å². The molecule has 3 aromatic rings. The molecule has 29 heavy (non-hydrogen) atoms. The van der Waals surface area contributed by atoms with Crippen LogP contribution >= 0.6 is 0 Å². The second-order valence-electron chi connectivity index (χ2n) is 7.79. The van der Waals surface area contributed by atoms with E-state index in [2.05, 4.69) is 47.5 Å². The molecule has 0 unspecified atom stereocenters. The fourth-order valence-electron chi connectivity index (χ4n) is 4.29. The maximum atomic E-state index is 13.0. The Morgan fingerprint density at radius 2 is 1.86 bits per heavy atom. The summed E-state index contributed by atoms with van der Waals surface area (Å²) in [6, 6.07) is 18.5. The molecule has 1 heterocycles. The second kappa shape index (κ2) is 7.47. The number of nitrogens with one attached hydrogen (secondary N) is 1. The number of benzene rings is 3. The van der Waals surface area contributed by atoms with E-state index < -0.39 is 0 Å². The molecule has 1 saturated heterocycles. The highest BCUT2D eigenvalue weighted by Gasteiger charge is 2.22. The summed E-state index contributed by atoms with van der Waals surface area (Å²) < 4.78 is 5.43. The molecule has 1 aliphatic heterocycles. The zero-order chi connectivity index (χ0) is 19.8. The van der Waals surface area contributed by atoms with Crippen LogP contribution < -0.4 is 5.32 Å². The van der Waals surface area contributed by atoms with E-state index in [1.54, 1.807) is 0 Å². The molecule has 3 aromatic carbocycles. The lowest BCUT2D eigenvalue weighted by molar-refractivity contribution is -0.111. The predicted octanol–water partition coefficient (Wildman–Crippen LogP) is 4.47. The van der Waals surface area contributed by atoms with Gasteiger partial charge in [0.2, 0.25) is 0 Å². The number of aryl methyl sites for hydroxylation is 1. The number of morpholine rings is 1. The Morgan fingerprint density at radius 3 is 2.66 bits per heavy atom. The number of rotatable bonds is 4. The number of carbonyl (C=O) groups is 1. The van der Waals surface area contributed by atoms with Crippen LogP contribution in [0.1, 0.15) is 22.3 Å². The number of hydrogen-bond donors (Lipinski definition) is 1. The highest BCUT2D eigenvalue weighted by atomic mass is 16.5. The lowest BCUT2D eigenvalue weighted by Gasteiger charge is -2.27. The lowest BCUT2D eigenvalue weighted by atomic mass is 10.0. The lowest BCUT2D eigenvalue weighted by Crippen LogP contribution is -2.35. The van der Waals surface area contributed by atoms with Crippen molar-refractivity contribution in [2.45, 2.75) is 13.5 Å². The predicted molar refractivity (Wildman–Crippen MR) is 118 cm³/mol. The summed E-state index contributed by atoms with van der Waals surface area (Å²) in [5, 5.41) is 5.43. The zero-order valence-electron chi connectivity index (χ0n) is 16.6. The van der Waals surface area contributed by atoms with Gasteiger partial charge in [0, 0.05) is 30.9 Å². The quantitative estimate of drug-likeness (QED) is 0.721. The first kappa shape index (κ1) is 18.1. The molecule has 1 amide bonds. The van der Waals surface area contributed by atoms with Gasteiger partial charge in [0.15, 0.2) is 0 Å². The average molecular weight is 384 g/mol. The van der Waals surface area contributed by atoms with Gasteiger partial charge in [-0.3, -0.25) is 9.69 Å². The van der Waals surface area contributed by atoms with Crippen LogP contribution in [0.3, 0.4) is 0 Å². The maximum Gasteiger partial charge on any atom is 0.256 e. The molecule has 5 rings (SSSR count). The largest absolute Gasteiger partial charge is 0.379 e. The van der Waals surface area contributed by atoms with Crippen molar-refractivity contribution in [3.05, 3.63) is 76.9 Å². The second-order valence-corrected chi connectivity index (χ2v) is 7.79. The van der Waals surface area contributed by atoms with Gasteiger partial charge in [0.1, 0.15) is 0 Å². The van der Waals surface area contributed by atoms with Crippen molar-refractivity contribution in [3.63, 3.8) is 0 Å². The first-order valence-corrected chi connectivity index (χ1v) is 10.1. The van der Waals surface area contributed by atoms with Gasteiger partial charge in [0.25, 0.3) is 5.91 Å². The van der Waals surface area contributed by atoms with Gasteiger partial charge in [-0.1, -0.05) is 42.5 Å². The van der Waals surface area contributed by atoms with Gasteiger partial charge in [0.05, 0.1) is 13.2 Å². The molecular weight excluding hydrogens is 360 g/mol. The van der Waals surface area contributed by atoms with E-state index >= 15 is 0 Å². The fourth-order valence-corrected chi connectivity index (χ4v) is 4.29.